The topological polar surface area (TPSA) is 111 Å². The minimum atomic E-state index is -0.224. The summed E-state index contributed by atoms with van der Waals surface area (Å²) < 4.78 is 7.98. The minimum absolute atomic E-state index is 0.224. The lowest BCUT2D eigenvalue weighted by molar-refractivity contribution is 0.289. The molecule has 2 heterocycles. The van der Waals surface area contributed by atoms with Gasteiger partial charge in [-0.3, -0.25) is 4.57 Å². The number of methoxy groups -OCH3 is 1. The van der Waals surface area contributed by atoms with E-state index >= 15 is 0 Å². The quantitative estimate of drug-likeness (QED) is 0.484. The van der Waals surface area contributed by atoms with Crippen LogP contribution in [0.2, 0.25) is 0 Å². The zero-order chi connectivity index (χ0) is 21.1. The average Bonchev–Trinajstić information content (AvgIpc) is 3.07. The van der Waals surface area contributed by atoms with E-state index in [0.717, 1.165) is 28.9 Å². The number of hydrogen-bond donors (Lipinski definition) is 3. The molecule has 4 N–H and O–H groups in total. The first-order valence-electron chi connectivity index (χ1n) is 10.3. The van der Waals surface area contributed by atoms with Crippen LogP contribution in [-0.4, -0.2) is 39.7 Å². The van der Waals surface area contributed by atoms with Crippen LogP contribution in [0.1, 0.15) is 31.2 Å². The number of fused-ring (bicyclic) bond motifs is 1. The van der Waals surface area contributed by atoms with Gasteiger partial charge >= 0.3 is 5.69 Å². The standard InChI is InChI=1S/C21H27BrN6O2/c1-30-18-7-6-16(22)8-15(18)12-28-19-17(26-21(28)29)11-25-20(27-19)24-10-14-4-2-13(9-23)3-5-14/h6-8,11,13-14H,2-5,9-10,12,23H2,1H3,(H,26,29)(H,24,25,27). The van der Waals surface area contributed by atoms with E-state index in [0.29, 0.717) is 35.5 Å². The van der Waals surface area contributed by atoms with Crippen LogP contribution in [0.25, 0.3) is 11.2 Å². The number of aromatic amines is 1. The third kappa shape index (κ3) is 4.52. The number of aromatic nitrogens is 4. The Hall–Kier alpha value is -2.39. The highest BCUT2D eigenvalue weighted by Crippen LogP contribution is 2.28. The Morgan fingerprint density at radius 2 is 2.07 bits per heavy atom. The zero-order valence-corrected chi connectivity index (χ0v) is 18.6. The molecule has 9 heteroatoms. The Morgan fingerprint density at radius 1 is 1.30 bits per heavy atom. The van der Waals surface area contributed by atoms with Crippen molar-refractivity contribution in [1.82, 2.24) is 19.5 Å². The normalized spacial score (nSPS) is 19.2. The molecule has 0 atom stereocenters. The number of benzene rings is 1. The first-order valence-corrected chi connectivity index (χ1v) is 11.1. The second kappa shape index (κ2) is 9.18. The maximum Gasteiger partial charge on any atom is 0.328 e. The molecule has 2 aromatic heterocycles. The minimum Gasteiger partial charge on any atom is -0.496 e. The number of imidazole rings is 1. The lowest BCUT2D eigenvalue weighted by Crippen LogP contribution is -2.25. The van der Waals surface area contributed by atoms with Gasteiger partial charge in [-0.1, -0.05) is 15.9 Å². The van der Waals surface area contributed by atoms with Gasteiger partial charge in [0.25, 0.3) is 0 Å². The fourth-order valence-electron chi connectivity index (χ4n) is 4.13. The van der Waals surface area contributed by atoms with Gasteiger partial charge in [0, 0.05) is 16.6 Å². The highest BCUT2D eigenvalue weighted by Gasteiger charge is 2.20. The highest BCUT2D eigenvalue weighted by atomic mass is 79.9. The summed E-state index contributed by atoms with van der Waals surface area (Å²) in [4.78, 5) is 24.4. The van der Waals surface area contributed by atoms with Gasteiger partial charge in [0.2, 0.25) is 5.95 Å². The Balaban J connectivity index is 1.53. The van der Waals surface area contributed by atoms with Crippen LogP contribution in [0, 0.1) is 11.8 Å². The molecule has 3 aromatic rings. The summed E-state index contributed by atoms with van der Waals surface area (Å²) in [6, 6.07) is 5.73. The van der Waals surface area contributed by atoms with Crippen molar-refractivity contribution in [3.8, 4) is 5.75 Å². The summed E-state index contributed by atoms with van der Waals surface area (Å²) in [5.41, 5.74) is 7.64. The highest BCUT2D eigenvalue weighted by molar-refractivity contribution is 9.10. The van der Waals surface area contributed by atoms with Crippen LogP contribution in [0.5, 0.6) is 5.75 Å². The van der Waals surface area contributed by atoms with Gasteiger partial charge in [0.05, 0.1) is 19.9 Å². The molecule has 160 valence electrons. The van der Waals surface area contributed by atoms with Crippen molar-refractivity contribution in [2.24, 2.45) is 17.6 Å². The molecule has 0 saturated heterocycles. The molecule has 1 aliphatic rings. The molecule has 1 saturated carbocycles. The molecule has 4 rings (SSSR count). The van der Waals surface area contributed by atoms with Gasteiger partial charge in [0.1, 0.15) is 11.3 Å². The molecule has 8 nitrogen and oxygen atoms in total. The van der Waals surface area contributed by atoms with E-state index in [1.807, 2.05) is 18.2 Å². The molecule has 1 aliphatic carbocycles. The summed E-state index contributed by atoms with van der Waals surface area (Å²) in [5.74, 6) is 2.53. The molecule has 1 fully saturated rings. The van der Waals surface area contributed by atoms with Crippen LogP contribution < -0.4 is 21.5 Å². The van der Waals surface area contributed by atoms with Crippen molar-refractivity contribution in [2.45, 2.75) is 32.2 Å². The van der Waals surface area contributed by atoms with E-state index in [1.165, 1.54) is 25.7 Å². The summed E-state index contributed by atoms with van der Waals surface area (Å²) >= 11 is 3.48. The Labute approximate surface area is 183 Å². The molecule has 0 radical (unpaired) electrons. The fourth-order valence-corrected chi connectivity index (χ4v) is 4.53. The smallest absolute Gasteiger partial charge is 0.328 e. The van der Waals surface area contributed by atoms with Crippen molar-refractivity contribution < 1.29 is 4.74 Å². The van der Waals surface area contributed by atoms with Crippen molar-refractivity contribution >= 4 is 33.0 Å². The monoisotopic (exact) mass is 474 g/mol. The zero-order valence-electron chi connectivity index (χ0n) is 17.0. The summed E-state index contributed by atoms with van der Waals surface area (Å²) in [6.45, 7) is 1.96. The maximum absolute atomic E-state index is 12.6. The van der Waals surface area contributed by atoms with Gasteiger partial charge < -0.3 is 20.8 Å². The third-order valence-electron chi connectivity index (χ3n) is 5.93. The van der Waals surface area contributed by atoms with Gasteiger partial charge in [-0.15, -0.1) is 0 Å². The molecule has 0 amide bonds. The number of ether oxygens (including phenoxy) is 1. The number of halogens is 1. The van der Waals surface area contributed by atoms with E-state index in [2.05, 4.69) is 36.2 Å². The van der Waals surface area contributed by atoms with Gasteiger partial charge in [-0.2, -0.15) is 4.98 Å². The van der Waals surface area contributed by atoms with Crippen LogP contribution >= 0.6 is 15.9 Å². The first kappa shape index (κ1) is 20.9. The lowest BCUT2D eigenvalue weighted by Gasteiger charge is -2.27. The van der Waals surface area contributed by atoms with Gasteiger partial charge in [-0.25, -0.2) is 9.78 Å². The predicted molar refractivity (Wildman–Crippen MR) is 121 cm³/mol. The Bertz CT molecular complexity index is 1070. The number of hydrogen-bond acceptors (Lipinski definition) is 6. The number of rotatable bonds is 7. The van der Waals surface area contributed by atoms with Crippen LogP contribution in [0.3, 0.4) is 0 Å². The average molecular weight is 475 g/mol. The summed E-state index contributed by atoms with van der Waals surface area (Å²) in [7, 11) is 1.62. The molecular weight excluding hydrogens is 448 g/mol. The summed E-state index contributed by atoms with van der Waals surface area (Å²) in [6.07, 6.45) is 6.39. The van der Waals surface area contributed by atoms with Crippen LogP contribution in [0.15, 0.2) is 33.7 Å². The molecular formula is C21H27BrN6O2. The largest absolute Gasteiger partial charge is 0.496 e. The van der Waals surface area contributed by atoms with Crippen LogP contribution in [-0.2, 0) is 6.54 Å². The molecule has 0 spiro atoms. The van der Waals surface area contributed by atoms with Crippen molar-refractivity contribution in [3.05, 3.63) is 44.9 Å². The van der Waals surface area contributed by atoms with Gasteiger partial charge in [-0.05, 0) is 62.3 Å². The number of nitrogens with one attached hydrogen (secondary N) is 2. The summed E-state index contributed by atoms with van der Waals surface area (Å²) in [5, 5.41) is 3.36. The van der Waals surface area contributed by atoms with Crippen molar-refractivity contribution in [1.29, 1.82) is 0 Å². The SMILES string of the molecule is COc1ccc(Br)cc1Cn1c(=O)[nH]c2cnc(NCC3CCC(CN)CC3)nc21. The number of nitrogens with two attached hydrogens (primary N) is 1. The van der Waals surface area contributed by atoms with Crippen LogP contribution in [0.4, 0.5) is 5.95 Å². The Morgan fingerprint density at radius 3 is 2.80 bits per heavy atom. The van der Waals surface area contributed by atoms with E-state index in [4.69, 9.17) is 10.5 Å². The van der Waals surface area contributed by atoms with E-state index in [9.17, 15) is 4.79 Å². The third-order valence-corrected chi connectivity index (χ3v) is 6.42. The first-order chi connectivity index (χ1) is 14.6. The number of nitrogens with zero attached hydrogens (tertiary/aromatic N) is 3. The number of anilines is 1. The van der Waals surface area contributed by atoms with Crippen molar-refractivity contribution in [2.75, 3.05) is 25.5 Å². The van der Waals surface area contributed by atoms with E-state index in [1.54, 1.807) is 17.9 Å². The second-order valence-corrected chi connectivity index (χ2v) is 8.82. The predicted octanol–water partition coefficient (Wildman–Crippen LogP) is 3.12. The molecule has 0 unspecified atom stereocenters. The van der Waals surface area contributed by atoms with Crippen molar-refractivity contribution in [3.63, 3.8) is 0 Å². The van der Waals surface area contributed by atoms with Gasteiger partial charge in [0.15, 0.2) is 5.65 Å². The molecule has 30 heavy (non-hydrogen) atoms. The van der Waals surface area contributed by atoms with E-state index in [-0.39, 0.29) is 5.69 Å². The molecule has 0 aliphatic heterocycles. The second-order valence-electron chi connectivity index (χ2n) is 7.91. The Kier molecular flexibility index (Phi) is 6.38. The molecule has 0 bridgehead atoms. The van der Waals surface area contributed by atoms with E-state index < -0.39 is 0 Å². The fraction of sp³-hybridized carbons (Fsp3) is 0.476. The lowest BCUT2D eigenvalue weighted by atomic mass is 9.82. The number of H-pyrrole nitrogens is 1. The molecule has 1 aromatic carbocycles. The maximum atomic E-state index is 12.6.